The van der Waals surface area contributed by atoms with Gasteiger partial charge in [0.2, 0.25) is 10.8 Å². The first-order valence-corrected chi connectivity index (χ1v) is 11.0. The van der Waals surface area contributed by atoms with E-state index in [0.717, 1.165) is 28.1 Å². The number of carbonyl (C=O) groups excluding carboxylic acids is 2. The molecule has 150 valence electrons. The van der Waals surface area contributed by atoms with Gasteiger partial charge in [0.15, 0.2) is 0 Å². The highest BCUT2D eigenvalue weighted by atomic mass is 32.2. The minimum Gasteiger partial charge on any atom is -0.304 e. The molecule has 1 spiro atoms. The van der Waals surface area contributed by atoms with Crippen molar-refractivity contribution in [2.75, 3.05) is 15.6 Å². The highest BCUT2D eigenvalue weighted by Crippen LogP contribution is 2.55. The first-order chi connectivity index (χ1) is 14.5. The molecule has 0 saturated carbocycles. The van der Waals surface area contributed by atoms with Gasteiger partial charge in [0.05, 0.1) is 18.0 Å². The maximum atomic E-state index is 14.0. The lowest BCUT2D eigenvalue weighted by atomic mass is 10.0. The van der Waals surface area contributed by atoms with Crippen LogP contribution in [0.5, 0.6) is 0 Å². The van der Waals surface area contributed by atoms with Crippen molar-refractivity contribution < 1.29 is 9.59 Å². The van der Waals surface area contributed by atoms with Gasteiger partial charge in [-0.2, -0.15) is 0 Å². The van der Waals surface area contributed by atoms with Crippen molar-refractivity contribution in [2.24, 2.45) is 0 Å². The highest BCUT2D eigenvalue weighted by molar-refractivity contribution is 8.02. The summed E-state index contributed by atoms with van der Waals surface area (Å²) in [6.07, 6.45) is 0. The van der Waals surface area contributed by atoms with Crippen LogP contribution in [-0.2, 0) is 21.0 Å². The molecule has 1 fully saturated rings. The van der Waals surface area contributed by atoms with Gasteiger partial charge in [-0.15, -0.1) is 11.8 Å². The van der Waals surface area contributed by atoms with E-state index in [1.807, 2.05) is 60.4 Å². The summed E-state index contributed by atoms with van der Waals surface area (Å²) in [7, 11) is 0. The lowest BCUT2D eigenvalue weighted by Gasteiger charge is -2.33. The van der Waals surface area contributed by atoms with Crippen molar-refractivity contribution in [2.45, 2.75) is 25.3 Å². The number of amides is 2. The van der Waals surface area contributed by atoms with Crippen molar-refractivity contribution in [3.63, 3.8) is 0 Å². The molecule has 3 aromatic carbocycles. The molecular formula is C25H22N2O2S. The topological polar surface area (TPSA) is 40.6 Å². The average Bonchev–Trinajstić information content (AvgIpc) is 3.22. The van der Waals surface area contributed by atoms with Crippen LogP contribution in [0.2, 0.25) is 0 Å². The molecule has 5 rings (SSSR count). The minimum absolute atomic E-state index is 0.0378. The molecule has 1 saturated heterocycles. The van der Waals surface area contributed by atoms with E-state index in [0.29, 0.717) is 6.54 Å². The summed E-state index contributed by atoms with van der Waals surface area (Å²) in [6.45, 7) is 4.54. The van der Waals surface area contributed by atoms with Crippen molar-refractivity contribution in [1.29, 1.82) is 0 Å². The predicted molar refractivity (Wildman–Crippen MR) is 122 cm³/mol. The maximum absolute atomic E-state index is 14.0. The zero-order chi connectivity index (χ0) is 20.9. The fraction of sp³-hybridized carbons (Fsp3) is 0.200. The Morgan fingerprint density at radius 2 is 1.50 bits per heavy atom. The Kier molecular flexibility index (Phi) is 4.44. The number of hydrogen-bond donors (Lipinski definition) is 0. The molecule has 0 N–H and O–H groups in total. The summed E-state index contributed by atoms with van der Waals surface area (Å²) in [5.74, 6) is 0.191. The SMILES string of the molecule is Cc1ccc(CN2C(=O)C3(SCC(=O)N3c3ccc(C)cc3)c3ccccc32)cc1. The summed E-state index contributed by atoms with van der Waals surface area (Å²) in [4.78, 5) is 29.5. The number of fused-ring (bicyclic) bond motifs is 2. The fourth-order valence-corrected chi connectivity index (χ4v) is 5.64. The number of hydrogen-bond acceptors (Lipinski definition) is 3. The molecule has 1 atom stereocenters. The van der Waals surface area contributed by atoms with E-state index in [2.05, 4.69) is 31.2 Å². The van der Waals surface area contributed by atoms with Crippen LogP contribution in [0.15, 0.2) is 72.8 Å². The molecule has 0 aromatic heterocycles. The lowest BCUT2D eigenvalue weighted by molar-refractivity contribution is -0.123. The number of anilines is 2. The standard InChI is InChI=1S/C25H22N2O2S/c1-17-7-11-19(12-8-17)15-26-22-6-4-3-5-21(22)25(24(26)29)27(23(28)16-30-25)20-13-9-18(2)10-14-20/h3-14H,15-16H2,1-2H3. The molecule has 4 nitrogen and oxygen atoms in total. The van der Waals surface area contributed by atoms with Crippen LogP contribution in [0.4, 0.5) is 11.4 Å². The molecule has 0 bridgehead atoms. The van der Waals surface area contributed by atoms with Gasteiger partial charge >= 0.3 is 0 Å². The van der Waals surface area contributed by atoms with Gasteiger partial charge < -0.3 is 4.90 Å². The second-order valence-corrected chi connectivity index (χ2v) is 9.06. The van der Waals surface area contributed by atoms with Crippen LogP contribution in [0.3, 0.4) is 0 Å². The minimum atomic E-state index is -1.05. The number of thioether (sulfide) groups is 1. The Hall–Kier alpha value is -3.05. The van der Waals surface area contributed by atoms with E-state index >= 15 is 0 Å². The number of nitrogens with zero attached hydrogens (tertiary/aromatic N) is 2. The Bertz CT molecular complexity index is 1140. The van der Waals surface area contributed by atoms with Gasteiger partial charge in [0, 0.05) is 11.3 Å². The van der Waals surface area contributed by atoms with Gasteiger partial charge in [0.25, 0.3) is 5.91 Å². The first kappa shape index (κ1) is 18.9. The summed E-state index contributed by atoms with van der Waals surface area (Å²) in [6, 6.07) is 23.9. The number of aryl methyl sites for hydroxylation is 2. The zero-order valence-electron chi connectivity index (χ0n) is 17.0. The summed E-state index contributed by atoms with van der Waals surface area (Å²) >= 11 is 1.42. The molecule has 1 unspecified atom stereocenters. The number of rotatable bonds is 3. The van der Waals surface area contributed by atoms with E-state index in [4.69, 9.17) is 0 Å². The molecule has 0 aliphatic carbocycles. The largest absolute Gasteiger partial charge is 0.304 e. The Morgan fingerprint density at radius 1 is 0.867 bits per heavy atom. The fourth-order valence-electron chi connectivity index (χ4n) is 4.28. The van der Waals surface area contributed by atoms with Crippen LogP contribution in [-0.4, -0.2) is 17.6 Å². The summed E-state index contributed by atoms with van der Waals surface area (Å²) < 4.78 is 0. The average molecular weight is 415 g/mol. The van der Waals surface area contributed by atoms with E-state index in [-0.39, 0.29) is 17.6 Å². The smallest absolute Gasteiger partial charge is 0.269 e. The third-order valence-electron chi connectivity index (χ3n) is 5.82. The van der Waals surface area contributed by atoms with Gasteiger partial charge in [-0.1, -0.05) is 65.7 Å². The third-order valence-corrected chi connectivity index (χ3v) is 7.20. The Labute approximate surface area is 180 Å². The zero-order valence-corrected chi connectivity index (χ0v) is 17.8. The third kappa shape index (κ3) is 2.76. The maximum Gasteiger partial charge on any atom is 0.269 e. The monoisotopic (exact) mass is 414 g/mol. The molecule has 30 heavy (non-hydrogen) atoms. The van der Waals surface area contributed by atoms with Crippen LogP contribution in [0.1, 0.15) is 22.3 Å². The van der Waals surface area contributed by atoms with E-state index in [1.54, 1.807) is 4.90 Å². The van der Waals surface area contributed by atoms with Crippen LogP contribution in [0.25, 0.3) is 0 Å². The predicted octanol–water partition coefficient (Wildman–Crippen LogP) is 4.78. The first-order valence-electron chi connectivity index (χ1n) is 10.0. The number of carbonyl (C=O) groups is 2. The van der Waals surface area contributed by atoms with E-state index in [9.17, 15) is 9.59 Å². The van der Waals surface area contributed by atoms with Gasteiger partial charge in [-0.25, -0.2) is 0 Å². The van der Waals surface area contributed by atoms with Crippen molar-refractivity contribution >= 4 is 35.0 Å². The van der Waals surface area contributed by atoms with E-state index < -0.39 is 4.87 Å². The molecule has 0 radical (unpaired) electrons. The van der Waals surface area contributed by atoms with Crippen molar-refractivity contribution in [1.82, 2.24) is 0 Å². The Morgan fingerprint density at radius 3 is 2.20 bits per heavy atom. The van der Waals surface area contributed by atoms with Gasteiger partial charge in [-0.3, -0.25) is 14.5 Å². The number of para-hydroxylation sites is 1. The summed E-state index contributed by atoms with van der Waals surface area (Å²) in [5.41, 5.74) is 5.89. The second-order valence-electron chi connectivity index (χ2n) is 7.89. The molecular weight excluding hydrogens is 392 g/mol. The molecule has 2 heterocycles. The lowest BCUT2D eigenvalue weighted by Crippen LogP contribution is -2.49. The molecule has 3 aromatic rings. The van der Waals surface area contributed by atoms with Crippen LogP contribution in [0, 0.1) is 13.8 Å². The van der Waals surface area contributed by atoms with E-state index in [1.165, 1.54) is 17.3 Å². The van der Waals surface area contributed by atoms with Crippen LogP contribution < -0.4 is 9.80 Å². The van der Waals surface area contributed by atoms with Crippen molar-refractivity contribution in [3.05, 3.63) is 95.1 Å². The number of benzene rings is 3. The normalized spacial score (nSPS) is 20.3. The summed E-state index contributed by atoms with van der Waals surface area (Å²) in [5, 5.41) is 0. The van der Waals surface area contributed by atoms with Gasteiger partial charge in [-0.05, 0) is 37.6 Å². The second kappa shape index (κ2) is 7.03. The highest BCUT2D eigenvalue weighted by Gasteiger charge is 2.60. The molecule has 5 heteroatoms. The quantitative estimate of drug-likeness (QED) is 0.619. The molecule has 2 amide bonds. The van der Waals surface area contributed by atoms with Crippen LogP contribution >= 0.6 is 11.8 Å². The molecule has 2 aliphatic heterocycles. The van der Waals surface area contributed by atoms with Gasteiger partial charge in [0.1, 0.15) is 0 Å². The Balaban J connectivity index is 1.62. The molecule has 2 aliphatic rings. The van der Waals surface area contributed by atoms with Crippen molar-refractivity contribution in [3.8, 4) is 0 Å².